The van der Waals surface area contributed by atoms with Gasteiger partial charge in [0.15, 0.2) is 5.16 Å². The van der Waals surface area contributed by atoms with Gasteiger partial charge in [0, 0.05) is 12.6 Å². The molecule has 5 nitrogen and oxygen atoms in total. The summed E-state index contributed by atoms with van der Waals surface area (Å²) >= 11 is 1.37. The van der Waals surface area contributed by atoms with Gasteiger partial charge in [-0.2, -0.15) is 0 Å². The number of para-hydroxylation sites is 1. The van der Waals surface area contributed by atoms with Crippen LogP contribution in [0.15, 0.2) is 34.2 Å². The Morgan fingerprint density at radius 3 is 2.65 bits per heavy atom. The van der Waals surface area contributed by atoms with Gasteiger partial charge in [-0.05, 0) is 37.8 Å². The molecule has 3 rings (SSSR count). The lowest BCUT2D eigenvalue weighted by molar-refractivity contribution is -0.120. The lowest BCUT2D eigenvalue weighted by atomic mass is 10.2. The highest BCUT2D eigenvalue weighted by molar-refractivity contribution is 8.00. The second-order valence-electron chi connectivity index (χ2n) is 7.47. The van der Waals surface area contributed by atoms with Crippen molar-refractivity contribution in [3.05, 3.63) is 34.6 Å². The van der Waals surface area contributed by atoms with Crippen LogP contribution in [0.3, 0.4) is 0 Å². The highest BCUT2D eigenvalue weighted by Gasteiger charge is 2.23. The molecular weight excluding hydrogens is 346 g/mol. The Labute approximate surface area is 158 Å². The molecule has 1 aromatic carbocycles. The first-order valence-corrected chi connectivity index (χ1v) is 10.3. The van der Waals surface area contributed by atoms with Gasteiger partial charge in [0.1, 0.15) is 0 Å². The molecule has 0 radical (unpaired) electrons. The number of hydrogen-bond donors (Lipinski definition) is 1. The van der Waals surface area contributed by atoms with Gasteiger partial charge in [-0.1, -0.05) is 50.6 Å². The highest BCUT2D eigenvalue weighted by atomic mass is 32.2. The number of benzene rings is 1. The first-order valence-electron chi connectivity index (χ1n) is 9.42. The third-order valence-corrected chi connectivity index (χ3v) is 5.82. The molecule has 1 N–H and O–H groups in total. The second-order valence-corrected chi connectivity index (χ2v) is 8.78. The summed E-state index contributed by atoms with van der Waals surface area (Å²) < 4.78 is 1.72. The van der Waals surface area contributed by atoms with Crippen molar-refractivity contribution in [2.24, 2.45) is 5.92 Å². The number of amides is 1. The van der Waals surface area contributed by atoms with Crippen LogP contribution in [-0.2, 0) is 11.3 Å². The fraction of sp³-hybridized carbons (Fsp3) is 0.550. The summed E-state index contributed by atoms with van der Waals surface area (Å²) in [5, 5.41) is 4.09. The van der Waals surface area contributed by atoms with Crippen molar-refractivity contribution in [3.8, 4) is 0 Å². The van der Waals surface area contributed by atoms with Gasteiger partial charge in [-0.15, -0.1) is 0 Å². The van der Waals surface area contributed by atoms with E-state index in [1.165, 1.54) is 24.6 Å². The van der Waals surface area contributed by atoms with Crippen molar-refractivity contribution in [1.82, 2.24) is 14.9 Å². The van der Waals surface area contributed by atoms with E-state index in [2.05, 4.69) is 24.1 Å². The Hall–Kier alpha value is -1.82. The predicted molar refractivity (Wildman–Crippen MR) is 107 cm³/mol. The Morgan fingerprint density at radius 2 is 1.96 bits per heavy atom. The summed E-state index contributed by atoms with van der Waals surface area (Å²) in [7, 11) is 0. The first-order chi connectivity index (χ1) is 12.5. The number of nitrogens with zero attached hydrogens (tertiary/aromatic N) is 2. The van der Waals surface area contributed by atoms with Crippen molar-refractivity contribution >= 4 is 28.6 Å². The third-order valence-electron chi connectivity index (χ3n) is 4.73. The zero-order valence-corrected chi connectivity index (χ0v) is 16.5. The molecule has 1 atom stereocenters. The van der Waals surface area contributed by atoms with E-state index in [9.17, 15) is 9.59 Å². The van der Waals surface area contributed by atoms with E-state index in [-0.39, 0.29) is 16.7 Å². The average Bonchev–Trinajstić information content (AvgIpc) is 3.11. The minimum atomic E-state index is -0.290. The van der Waals surface area contributed by atoms with Crippen molar-refractivity contribution in [2.75, 3.05) is 0 Å². The van der Waals surface area contributed by atoms with Crippen LogP contribution in [0.5, 0.6) is 0 Å². The minimum absolute atomic E-state index is 0.0282. The maximum absolute atomic E-state index is 12.9. The number of nitrogens with one attached hydrogen (secondary N) is 1. The molecule has 1 fully saturated rings. The van der Waals surface area contributed by atoms with Crippen molar-refractivity contribution in [3.63, 3.8) is 0 Å². The van der Waals surface area contributed by atoms with Crippen LogP contribution in [0.1, 0.15) is 46.5 Å². The van der Waals surface area contributed by atoms with Gasteiger partial charge < -0.3 is 5.32 Å². The number of rotatable bonds is 6. The SMILES string of the molecule is CC(C)Cn1c(SC(C)C(=O)NC2CCCC2)nc2ccccc2c1=O. The average molecular weight is 374 g/mol. The summed E-state index contributed by atoms with van der Waals surface area (Å²) in [4.78, 5) is 30.2. The van der Waals surface area contributed by atoms with Crippen LogP contribution in [0.2, 0.25) is 0 Å². The van der Waals surface area contributed by atoms with Gasteiger partial charge >= 0.3 is 0 Å². The Bertz CT molecular complexity index is 841. The molecule has 26 heavy (non-hydrogen) atoms. The zero-order chi connectivity index (χ0) is 18.7. The van der Waals surface area contributed by atoms with Crippen LogP contribution in [0.25, 0.3) is 10.9 Å². The normalized spacial score (nSPS) is 16.3. The smallest absolute Gasteiger partial charge is 0.262 e. The van der Waals surface area contributed by atoms with E-state index >= 15 is 0 Å². The number of thioether (sulfide) groups is 1. The molecule has 1 aromatic heterocycles. The molecule has 0 bridgehead atoms. The van der Waals surface area contributed by atoms with Crippen LogP contribution < -0.4 is 10.9 Å². The van der Waals surface area contributed by atoms with E-state index < -0.39 is 0 Å². The van der Waals surface area contributed by atoms with Gasteiger partial charge in [-0.3, -0.25) is 14.2 Å². The van der Waals surface area contributed by atoms with Crippen molar-refractivity contribution < 1.29 is 4.79 Å². The topological polar surface area (TPSA) is 64.0 Å². The zero-order valence-electron chi connectivity index (χ0n) is 15.7. The Balaban J connectivity index is 1.87. The minimum Gasteiger partial charge on any atom is -0.352 e. The molecule has 1 saturated carbocycles. The Morgan fingerprint density at radius 1 is 1.27 bits per heavy atom. The molecule has 1 unspecified atom stereocenters. The lowest BCUT2D eigenvalue weighted by Crippen LogP contribution is -2.38. The second kappa shape index (κ2) is 8.25. The maximum atomic E-state index is 12.9. The molecule has 140 valence electrons. The van der Waals surface area contributed by atoms with E-state index in [0.717, 1.165) is 12.8 Å². The number of carbonyl (C=O) groups excluding carboxylic acids is 1. The summed E-state index contributed by atoms with van der Waals surface area (Å²) in [6.07, 6.45) is 4.50. The van der Waals surface area contributed by atoms with Crippen LogP contribution in [0, 0.1) is 5.92 Å². The maximum Gasteiger partial charge on any atom is 0.262 e. The van der Waals surface area contributed by atoms with Crippen LogP contribution in [0.4, 0.5) is 0 Å². The fourth-order valence-corrected chi connectivity index (χ4v) is 4.29. The standard InChI is InChI=1S/C20H27N3O2S/c1-13(2)12-23-19(25)16-10-6-7-11-17(16)22-20(23)26-14(3)18(24)21-15-8-4-5-9-15/h6-7,10-11,13-15H,4-5,8-9,12H2,1-3H3,(H,21,24). The van der Waals surface area contributed by atoms with Gasteiger partial charge in [0.05, 0.1) is 16.2 Å². The van der Waals surface area contributed by atoms with Crippen molar-refractivity contribution in [1.29, 1.82) is 0 Å². The summed E-state index contributed by atoms with van der Waals surface area (Å²) in [6, 6.07) is 7.70. The largest absolute Gasteiger partial charge is 0.352 e. The number of aromatic nitrogens is 2. The quantitative estimate of drug-likeness (QED) is 0.621. The van der Waals surface area contributed by atoms with Crippen LogP contribution in [-0.4, -0.2) is 26.8 Å². The number of fused-ring (bicyclic) bond motifs is 1. The molecule has 0 spiro atoms. The molecular formula is C20H27N3O2S. The van der Waals surface area contributed by atoms with Gasteiger partial charge in [0.2, 0.25) is 5.91 Å². The summed E-state index contributed by atoms with van der Waals surface area (Å²) in [6.45, 7) is 6.63. The molecule has 1 heterocycles. The molecule has 6 heteroatoms. The molecule has 1 aliphatic rings. The van der Waals surface area contributed by atoms with Crippen molar-refractivity contribution in [2.45, 2.75) is 69.4 Å². The van der Waals surface area contributed by atoms with E-state index in [1.807, 2.05) is 31.2 Å². The first kappa shape index (κ1) is 19.0. The monoisotopic (exact) mass is 373 g/mol. The number of hydrogen-bond acceptors (Lipinski definition) is 4. The highest BCUT2D eigenvalue weighted by Crippen LogP contribution is 2.24. The molecule has 1 aliphatic carbocycles. The van der Waals surface area contributed by atoms with Crippen LogP contribution >= 0.6 is 11.8 Å². The lowest BCUT2D eigenvalue weighted by Gasteiger charge is -2.19. The van der Waals surface area contributed by atoms with E-state index in [1.54, 1.807) is 4.57 Å². The summed E-state index contributed by atoms with van der Waals surface area (Å²) in [5.41, 5.74) is 0.651. The molecule has 1 amide bonds. The predicted octanol–water partition coefficient (Wildman–Crippen LogP) is 3.59. The van der Waals surface area contributed by atoms with Gasteiger partial charge in [0.25, 0.3) is 5.56 Å². The fourth-order valence-electron chi connectivity index (χ4n) is 3.36. The van der Waals surface area contributed by atoms with Gasteiger partial charge in [-0.25, -0.2) is 4.98 Å². The Kier molecular flexibility index (Phi) is 6.01. The number of carbonyl (C=O) groups is 1. The van der Waals surface area contributed by atoms with E-state index in [0.29, 0.717) is 34.6 Å². The third kappa shape index (κ3) is 4.29. The molecule has 2 aromatic rings. The van der Waals surface area contributed by atoms with E-state index in [4.69, 9.17) is 0 Å². The molecule has 0 saturated heterocycles. The summed E-state index contributed by atoms with van der Waals surface area (Å²) in [5.74, 6) is 0.345. The molecule has 0 aliphatic heterocycles.